The van der Waals surface area contributed by atoms with E-state index >= 15 is 0 Å². The van der Waals surface area contributed by atoms with Crippen molar-refractivity contribution in [1.82, 2.24) is 0 Å². The number of rotatable bonds is 9. The summed E-state index contributed by atoms with van der Waals surface area (Å²) in [6.07, 6.45) is 0.138. The minimum absolute atomic E-state index is 0.0712. The monoisotopic (exact) mass is 414 g/mol. The van der Waals surface area contributed by atoms with E-state index in [-0.39, 0.29) is 25.2 Å². The average Bonchev–Trinajstić information content (AvgIpc) is 3.06. The number of methoxy groups -OCH3 is 1. The van der Waals surface area contributed by atoms with E-state index in [1.54, 1.807) is 27.7 Å². The van der Waals surface area contributed by atoms with Gasteiger partial charge in [-0.05, 0) is 40.0 Å². The van der Waals surface area contributed by atoms with Crippen molar-refractivity contribution in [3.05, 3.63) is 0 Å². The molecule has 29 heavy (non-hydrogen) atoms. The maximum absolute atomic E-state index is 13.1. The van der Waals surface area contributed by atoms with Crippen molar-refractivity contribution in [3.8, 4) is 0 Å². The maximum Gasteiger partial charge on any atom is 0.347 e. The zero-order chi connectivity index (χ0) is 23.0. The number of cyclic esters (lactones) is 1. The lowest BCUT2D eigenvalue weighted by atomic mass is 9.64. The van der Waals surface area contributed by atoms with E-state index in [1.165, 1.54) is 14.0 Å². The van der Waals surface area contributed by atoms with Gasteiger partial charge in [-0.25, -0.2) is 4.79 Å². The van der Waals surface area contributed by atoms with Crippen LogP contribution in [0.2, 0.25) is 0 Å². The number of ketones is 1. The fraction of sp³-hybridized carbons (Fsp3) is 0.818. The van der Waals surface area contributed by atoms with Crippen LogP contribution in [0.3, 0.4) is 0 Å². The molecule has 0 amide bonds. The van der Waals surface area contributed by atoms with Crippen LogP contribution in [0.4, 0.5) is 0 Å². The van der Waals surface area contributed by atoms with Crippen LogP contribution in [0.5, 0.6) is 0 Å². The molecule has 7 heteroatoms. The highest BCUT2D eigenvalue weighted by Crippen LogP contribution is 2.45. The topological polar surface area (TPSA) is 96.0 Å². The molecule has 0 radical (unpaired) electrons. The van der Waals surface area contributed by atoms with Gasteiger partial charge in [-0.3, -0.25) is 14.4 Å². The first-order chi connectivity index (χ1) is 13.3. The van der Waals surface area contributed by atoms with Gasteiger partial charge in [-0.2, -0.15) is 0 Å². The summed E-state index contributed by atoms with van der Waals surface area (Å²) in [6.45, 7) is 14.4. The van der Waals surface area contributed by atoms with Gasteiger partial charge in [0.1, 0.15) is 5.78 Å². The average molecular weight is 415 g/mol. The fourth-order valence-electron chi connectivity index (χ4n) is 3.61. The summed E-state index contributed by atoms with van der Waals surface area (Å²) >= 11 is 0. The van der Waals surface area contributed by atoms with E-state index in [4.69, 9.17) is 14.2 Å². The predicted molar refractivity (Wildman–Crippen MR) is 109 cm³/mol. The second-order valence-corrected chi connectivity index (χ2v) is 8.61. The molecule has 1 aliphatic rings. The molecular formula is C22H38O7. The third-order valence-corrected chi connectivity index (χ3v) is 5.65. The maximum atomic E-state index is 13.1. The quantitative estimate of drug-likeness (QED) is 0.417. The second kappa shape index (κ2) is 10.7. The Kier molecular flexibility index (Phi) is 10.0. The highest BCUT2D eigenvalue weighted by Gasteiger charge is 2.49. The number of carbonyl (C=O) groups is 4. The molecule has 0 aliphatic carbocycles. The summed E-state index contributed by atoms with van der Waals surface area (Å²) in [5, 5.41) is 0. The predicted octanol–water partition coefficient (Wildman–Crippen LogP) is 3.86. The van der Waals surface area contributed by atoms with E-state index in [0.717, 1.165) is 0 Å². The van der Waals surface area contributed by atoms with Crippen LogP contribution >= 0.6 is 0 Å². The molecule has 0 saturated carbocycles. The van der Waals surface area contributed by atoms with E-state index in [9.17, 15) is 19.2 Å². The van der Waals surface area contributed by atoms with Gasteiger partial charge in [0.15, 0.2) is 0 Å². The summed E-state index contributed by atoms with van der Waals surface area (Å²) in [7, 11) is 1.31. The third-order valence-electron chi connectivity index (χ3n) is 5.65. The smallest absolute Gasteiger partial charge is 0.347 e. The first kappa shape index (κ1) is 27.1. The molecule has 0 bridgehead atoms. The molecule has 168 valence electrons. The van der Waals surface area contributed by atoms with Gasteiger partial charge in [0.25, 0.3) is 0 Å². The Morgan fingerprint density at radius 1 is 1.03 bits per heavy atom. The van der Waals surface area contributed by atoms with Crippen molar-refractivity contribution in [2.24, 2.45) is 16.2 Å². The molecule has 3 unspecified atom stereocenters. The lowest BCUT2D eigenvalue weighted by Gasteiger charge is -2.39. The highest BCUT2D eigenvalue weighted by molar-refractivity contribution is 5.86. The highest BCUT2D eigenvalue weighted by atomic mass is 16.6. The third kappa shape index (κ3) is 6.82. The van der Waals surface area contributed by atoms with Crippen LogP contribution in [0.1, 0.15) is 81.1 Å². The van der Waals surface area contributed by atoms with Gasteiger partial charge in [0, 0.05) is 11.8 Å². The van der Waals surface area contributed by atoms with Crippen LogP contribution in [0, 0.1) is 16.2 Å². The van der Waals surface area contributed by atoms with E-state index in [1.807, 2.05) is 20.8 Å². The van der Waals surface area contributed by atoms with Crippen LogP contribution in [0.15, 0.2) is 0 Å². The number of carbonyl (C=O) groups excluding carboxylic acids is 4. The van der Waals surface area contributed by atoms with Crippen LogP contribution < -0.4 is 0 Å². The number of Topliss-reactive ketones (excluding diaryl/α,β-unsaturated/α-hetero) is 1. The van der Waals surface area contributed by atoms with Crippen molar-refractivity contribution in [2.75, 3.05) is 13.7 Å². The normalized spacial score (nSPS) is 20.3. The summed E-state index contributed by atoms with van der Waals surface area (Å²) in [5.74, 6) is -1.67. The molecule has 1 heterocycles. The molecule has 0 aromatic carbocycles. The zero-order valence-electron chi connectivity index (χ0n) is 19.5. The Labute approximate surface area is 174 Å². The lowest BCUT2D eigenvalue weighted by molar-refractivity contribution is -0.173. The number of hydrogen-bond donors (Lipinski definition) is 0. The molecule has 0 spiro atoms. The Morgan fingerprint density at radius 2 is 1.59 bits per heavy atom. The largest absolute Gasteiger partial charge is 0.469 e. The summed E-state index contributed by atoms with van der Waals surface area (Å²) in [4.78, 5) is 49.2. The molecule has 1 rings (SSSR count). The van der Waals surface area contributed by atoms with Crippen molar-refractivity contribution >= 4 is 23.7 Å². The number of hydrogen-bond acceptors (Lipinski definition) is 7. The van der Waals surface area contributed by atoms with Gasteiger partial charge in [0.2, 0.25) is 6.10 Å². The molecule has 0 aromatic heterocycles. The number of esters is 3. The number of ether oxygens (including phenoxy) is 3. The summed E-state index contributed by atoms with van der Waals surface area (Å²) in [5.41, 5.74) is -2.88. The minimum Gasteiger partial charge on any atom is -0.469 e. The van der Waals surface area contributed by atoms with Gasteiger partial charge in [-0.15, -0.1) is 0 Å². The fourth-order valence-corrected chi connectivity index (χ4v) is 3.61. The Bertz CT molecular complexity index is 610. The first-order valence-corrected chi connectivity index (χ1v) is 10.3. The lowest BCUT2D eigenvalue weighted by Crippen LogP contribution is -2.44. The Balaban J connectivity index is 0.00000379. The van der Waals surface area contributed by atoms with E-state index in [0.29, 0.717) is 12.8 Å². The van der Waals surface area contributed by atoms with Crippen molar-refractivity contribution in [3.63, 3.8) is 0 Å². The second-order valence-electron chi connectivity index (χ2n) is 8.61. The van der Waals surface area contributed by atoms with Gasteiger partial charge < -0.3 is 14.2 Å². The van der Waals surface area contributed by atoms with Gasteiger partial charge in [-0.1, -0.05) is 34.6 Å². The Hall–Kier alpha value is -1.92. The molecule has 1 saturated heterocycles. The SMILES string of the molecule is CC.CCC(C)(CC(C)(CC(C)(C)C(C)=O)C(=O)OC1CCOC1=O)C(=O)OC. The van der Waals surface area contributed by atoms with Crippen LogP contribution in [-0.4, -0.2) is 43.5 Å². The van der Waals surface area contributed by atoms with Gasteiger partial charge >= 0.3 is 17.9 Å². The van der Waals surface area contributed by atoms with Crippen molar-refractivity contribution < 1.29 is 33.4 Å². The molecule has 0 aromatic rings. The Morgan fingerprint density at radius 3 is 1.97 bits per heavy atom. The summed E-state index contributed by atoms with van der Waals surface area (Å²) < 4.78 is 15.2. The van der Waals surface area contributed by atoms with Gasteiger partial charge in [0.05, 0.1) is 24.5 Å². The first-order valence-electron chi connectivity index (χ1n) is 10.3. The van der Waals surface area contributed by atoms with E-state index in [2.05, 4.69) is 0 Å². The van der Waals surface area contributed by atoms with Crippen molar-refractivity contribution in [1.29, 1.82) is 0 Å². The summed E-state index contributed by atoms with van der Waals surface area (Å²) in [6, 6.07) is 0. The van der Waals surface area contributed by atoms with Crippen LogP contribution in [0.25, 0.3) is 0 Å². The van der Waals surface area contributed by atoms with E-state index < -0.39 is 40.3 Å². The minimum atomic E-state index is -1.16. The molecule has 1 fully saturated rings. The molecule has 1 aliphatic heterocycles. The standard InChI is InChI=1S/C20H32O7.C2H6/c1-8-19(5,16(23)25-7)12-20(6,11-18(3,4)13(2)21)17(24)27-14-9-10-26-15(14)22;1-2/h14H,8-12H2,1-7H3;1-2H3. The molecule has 3 atom stereocenters. The van der Waals surface area contributed by atoms with Crippen molar-refractivity contribution in [2.45, 2.75) is 87.2 Å². The molecule has 0 N–H and O–H groups in total. The molecular weight excluding hydrogens is 376 g/mol. The zero-order valence-corrected chi connectivity index (χ0v) is 19.5. The molecule has 7 nitrogen and oxygen atoms in total. The van der Waals surface area contributed by atoms with Crippen LogP contribution in [-0.2, 0) is 33.4 Å².